The van der Waals surface area contributed by atoms with Crippen LogP contribution < -0.4 is 0 Å². The molecule has 1 heterocycles. The Balaban J connectivity index is 0.000000810. The molecule has 1 aromatic heterocycles. The first-order valence-corrected chi connectivity index (χ1v) is 3.28. The normalized spacial score (nSPS) is 8.40. The zero-order valence-corrected chi connectivity index (χ0v) is 8.74. The Bertz CT molecular complexity index is 287. The van der Waals surface area contributed by atoms with E-state index in [1.807, 2.05) is 0 Å². The Morgan fingerprint density at radius 1 is 1.30 bits per heavy atom. The largest absolute Gasteiger partial charge is 2.00 e. The van der Waals surface area contributed by atoms with E-state index in [0.29, 0.717) is 14.7 Å². The topological polar surface area (TPSA) is 44.5 Å². The van der Waals surface area contributed by atoms with Gasteiger partial charge in [0, 0.05) is 0 Å². The minimum Gasteiger partial charge on any atom is -0.742 e. The molecule has 0 radical (unpaired) electrons. The zero-order valence-electron chi connectivity index (χ0n) is 4.88. The molecule has 2 N–H and O–H groups in total. The molecular formula is C3H2MgN3S3+. The second kappa shape index (κ2) is 4.34. The van der Waals surface area contributed by atoms with Crippen LogP contribution in [0.15, 0.2) is 5.16 Å². The molecule has 1 rings (SSSR count). The molecule has 0 aliphatic carbocycles. The van der Waals surface area contributed by atoms with Crippen LogP contribution in [0.1, 0.15) is 0 Å². The van der Waals surface area contributed by atoms with E-state index in [4.69, 9.17) is 12.2 Å². The van der Waals surface area contributed by atoms with Gasteiger partial charge in [0.25, 0.3) is 0 Å². The van der Waals surface area contributed by atoms with Gasteiger partial charge in [0.2, 0.25) is 0 Å². The van der Waals surface area contributed by atoms with E-state index in [1.165, 1.54) is 0 Å². The maximum absolute atomic E-state index is 4.70. The van der Waals surface area contributed by atoms with Gasteiger partial charge in [-0.15, -0.1) is 0 Å². The Hall–Kier alpha value is 0.436. The van der Waals surface area contributed by atoms with Crippen LogP contribution >= 0.6 is 24.4 Å². The minimum atomic E-state index is 0. The molecule has 0 atom stereocenters. The van der Waals surface area contributed by atoms with Crippen molar-refractivity contribution < 1.29 is 0 Å². The van der Waals surface area contributed by atoms with Crippen molar-refractivity contribution in [3.05, 3.63) is 9.54 Å². The SMILES string of the molecule is S=c1nc([S-])[nH]c(=S)[nH]1.[Mg+2]. The van der Waals surface area contributed by atoms with Gasteiger partial charge in [-0.2, -0.15) is 0 Å². The van der Waals surface area contributed by atoms with Gasteiger partial charge in [0.15, 0.2) is 9.54 Å². The standard InChI is InChI=1S/C3H3N3S3.Mg/c7-1-4-2(8)6-3(9)5-1;/h(H3,4,5,6,7,8,9);/q;+2/p-1. The Kier molecular flexibility index (Phi) is 4.53. The zero-order chi connectivity index (χ0) is 6.85. The summed E-state index contributed by atoms with van der Waals surface area (Å²) < 4.78 is 0.740. The molecule has 0 amide bonds. The summed E-state index contributed by atoms with van der Waals surface area (Å²) in [6, 6.07) is 0. The van der Waals surface area contributed by atoms with E-state index in [2.05, 4.69) is 39.8 Å². The minimum absolute atomic E-state index is 0. The van der Waals surface area contributed by atoms with Crippen LogP contribution in [0.5, 0.6) is 0 Å². The molecule has 0 aliphatic heterocycles. The molecule has 7 heteroatoms. The summed E-state index contributed by atoms with van der Waals surface area (Å²) in [5.41, 5.74) is 0. The van der Waals surface area contributed by atoms with Gasteiger partial charge in [-0.05, 0) is 29.6 Å². The number of nitrogens with zero attached hydrogens (tertiary/aromatic N) is 1. The van der Waals surface area contributed by atoms with Gasteiger partial charge in [0.05, 0.1) is 0 Å². The van der Waals surface area contributed by atoms with E-state index < -0.39 is 0 Å². The van der Waals surface area contributed by atoms with E-state index in [-0.39, 0.29) is 23.1 Å². The number of nitrogens with one attached hydrogen (secondary N) is 2. The van der Waals surface area contributed by atoms with E-state index in [0.717, 1.165) is 0 Å². The fourth-order valence-electron chi connectivity index (χ4n) is 0.374. The van der Waals surface area contributed by atoms with Crippen molar-refractivity contribution in [1.82, 2.24) is 15.0 Å². The van der Waals surface area contributed by atoms with Gasteiger partial charge < -0.3 is 22.6 Å². The number of hydrogen-bond acceptors (Lipinski definition) is 4. The summed E-state index contributed by atoms with van der Waals surface area (Å²) in [5.74, 6) is 0. The predicted octanol–water partition coefficient (Wildman–Crippen LogP) is 0.722. The molecular weight excluding hydrogens is 199 g/mol. The molecule has 1 aromatic rings. The van der Waals surface area contributed by atoms with Crippen molar-refractivity contribution in [2.45, 2.75) is 5.16 Å². The monoisotopic (exact) mass is 200 g/mol. The smallest absolute Gasteiger partial charge is 0.742 e. The van der Waals surface area contributed by atoms with Crippen LogP contribution in [0.25, 0.3) is 0 Å². The van der Waals surface area contributed by atoms with Crippen molar-refractivity contribution in [1.29, 1.82) is 0 Å². The number of aromatic nitrogens is 3. The maximum Gasteiger partial charge on any atom is 2.00 e. The Morgan fingerprint density at radius 3 is 2.30 bits per heavy atom. The third-order valence-corrected chi connectivity index (χ3v) is 1.23. The molecule has 0 aromatic carbocycles. The van der Waals surface area contributed by atoms with Crippen molar-refractivity contribution in [3.63, 3.8) is 0 Å². The first-order valence-electron chi connectivity index (χ1n) is 2.06. The van der Waals surface area contributed by atoms with E-state index in [1.54, 1.807) is 0 Å². The molecule has 0 saturated heterocycles. The second-order valence-electron chi connectivity index (χ2n) is 1.30. The molecule has 0 spiro atoms. The number of hydrogen-bond donors (Lipinski definition) is 2. The van der Waals surface area contributed by atoms with Crippen LogP contribution in [0.3, 0.4) is 0 Å². The van der Waals surface area contributed by atoms with Crippen LogP contribution in [0, 0.1) is 9.54 Å². The van der Waals surface area contributed by atoms with Gasteiger partial charge in [-0.1, -0.05) is 0 Å². The van der Waals surface area contributed by atoms with Crippen molar-refractivity contribution in [2.24, 2.45) is 0 Å². The van der Waals surface area contributed by atoms with Crippen LogP contribution in [-0.4, -0.2) is 38.0 Å². The van der Waals surface area contributed by atoms with Gasteiger partial charge in [-0.25, -0.2) is 4.98 Å². The number of rotatable bonds is 0. The average Bonchev–Trinajstić information content (AvgIpc) is 1.59. The summed E-state index contributed by atoms with van der Waals surface area (Å²) in [7, 11) is 0. The molecule has 10 heavy (non-hydrogen) atoms. The van der Waals surface area contributed by atoms with E-state index >= 15 is 0 Å². The predicted molar refractivity (Wildman–Crippen MR) is 46.0 cm³/mol. The molecule has 3 nitrogen and oxygen atoms in total. The third kappa shape index (κ3) is 3.02. The summed E-state index contributed by atoms with van der Waals surface area (Å²) in [6.07, 6.45) is 0. The summed E-state index contributed by atoms with van der Waals surface area (Å²) >= 11 is 14.0. The molecule has 0 saturated carbocycles. The second-order valence-corrected chi connectivity index (χ2v) is 2.48. The fourth-order valence-corrected chi connectivity index (χ4v) is 1.14. The average molecular weight is 201 g/mol. The Labute approximate surface area is 89.2 Å². The fraction of sp³-hybridized carbons (Fsp3) is 0. The summed E-state index contributed by atoms with van der Waals surface area (Å²) in [6.45, 7) is 0. The van der Waals surface area contributed by atoms with Crippen LogP contribution in [0.4, 0.5) is 0 Å². The molecule has 0 fully saturated rings. The number of H-pyrrole nitrogens is 2. The quantitative estimate of drug-likeness (QED) is 0.368. The summed E-state index contributed by atoms with van der Waals surface area (Å²) in [5, 5.41) is 0.323. The first-order chi connectivity index (χ1) is 4.18. The van der Waals surface area contributed by atoms with Crippen LogP contribution in [-0.2, 0) is 12.6 Å². The molecule has 0 bridgehead atoms. The van der Waals surface area contributed by atoms with Crippen LogP contribution in [0.2, 0.25) is 0 Å². The maximum atomic E-state index is 4.70. The van der Waals surface area contributed by atoms with Gasteiger partial charge >= 0.3 is 23.1 Å². The molecule has 0 unspecified atom stereocenters. The third-order valence-electron chi connectivity index (χ3n) is 0.644. The summed E-state index contributed by atoms with van der Waals surface area (Å²) in [4.78, 5) is 8.90. The molecule has 48 valence electrons. The van der Waals surface area contributed by atoms with Crippen molar-refractivity contribution in [2.75, 3.05) is 0 Å². The van der Waals surface area contributed by atoms with Crippen molar-refractivity contribution in [3.8, 4) is 0 Å². The van der Waals surface area contributed by atoms with E-state index in [9.17, 15) is 0 Å². The number of aromatic amines is 2. The first kappa shape index (κ1) is 10.4. The molecule has 0 aliphatic rings. The van der Waals surface area contributed by atoms with Gasteiger partial charge in [-0.3, -0.25) is 0 Å². The van der Waals surface area contributed by atoms with Gasteiger partial charge in [0.1, 0.15) is 0 Å². The van der Waals surface area contributed by atoms with Crippen molar-refractivity contribution >= 4 is 60.1 Å². The Morgan fingerprint density at radius 2 is 1.90 bits per heavy atom.